The molecule has 0 amide bonds. The summed E-state index contributed by atoms with van der Waals surface area (Å²) in [7, 11) is 0. The summed E-state index contributed by atoms with van der Waals surface area (Å²) >= 11 is 1.02. The summed E-state index contributed by atoms with van der Waals surface area (Å²) in [6.07, 6.45) is 1.70. The lowest BCUT2D eigenvalue weighted by Gasteiger charge is -2.39. The van der Waals surface area contributed by atoms with Gasteiger partial charge in [0.15, 0.2) is 0 Å². The van der Waals surface area contributed by atoms with Crippen molar-refractivity contribution < 1.29 is 25.2 Å². The van der Waals surface area contributed by atoms with Gasteiger partial charge in [-0.05, 0) is 37.3 Å². The number of aliphatic hydroxyl groups is 4. The molecule has 3 heterocycles. The van der Waals surface area contributed by atoms with E-state index in [9.17, 15) is 25.7 Å². The van der Waals surface area contributed by atoms with Crippen molar-refractivity contribution in [3.8, 4) is 17.2 Å². The Bertz CT molecular complexity index is 950. The van der Waals surface area contributed by atoms with Gasteiger partial charge in [-0.25, -0.2) is 4.98 Å². The first-order valence-electron chi connectivity index (χ1n) is 9.88. The highest BCUT2D eigenvalue weighted by molar-refractivity contribution is 7.99. The molecule has 0 radical (unpaired) electrons. The van der Waals surface area contributed by atoms with Gasteiger partial charge in [0.05, 0.1) is 12.2 Å². The van der Waals surface area contributed by atoms with Crippen LogP contribution in [0.4, 0.5) is 0 Å². The van der Waals surface area contributed by atoms with Gasteiger partial charge in [-0.15, -0.1) is 0 Å². The Labute approximate surface area is 178 Å². The fourth-order valence-corrected chi connectivity index (χ4v) is 5.16. The van der Waals surface area contributed by atoms with Crippen molar-refractivity contribution in [1.29, 1.82) is 5.26 Å². The second kappa shape index (κ2) is 8.98. The third-order valence-corrected chi connectivity index (χ3v) is 6.72. The second-order valence-electron chi connectivity index (χ2n) is 7.47. The van der Waals surface area contributed by atoms with Crippen LogP contribution >= 0.6 is 11.8 Å². The Balaban J connectivity index is 1.78. The number of fused-ring (bicyclic) bond motifs is 1. The molecule has 1 fully saturated rings. The van der Waals surface area contributed by atoms with Gasteiger partial charge in [-0.3, -0.25) is 4.98 Å². The third kappa shape index (κ3) is 3.83. The summed E-state index contributed by atoms with van der Waals surface area (Å²) < 4.78 is 5.61. The highest BCUT2D eigenvalue weighted by Gasteiger charge is 2.44. The normalized spacial score (nSPS) is 28.6. The van der Waals surface area contributed by atoms with Gasteiger partial charge in [0.25, 0.3) is 0 Å². The van der Waals surface area contributed by atoms with Gasteiger partial charge in [0, 0.05) is 29.2 Å². The maximum atomic E-state index is 10.4. The summed E-state index contributed by atoms with van der Waals surface area (Å²) in [5.74, 6) is 0. The van der Waals surface area contributed by atoms with Crippen molar-refractivity contribution in [2.75, 3.05) is 6.61 Å². The number of ether oxygens (including phenoxy) is 1. The van der Waals surface area contributed by atoms with E-state index in [2.05, 4.69) is 11.1 Å². The van der Waals surface area contributed by atoms with Crippen molar-refractivity contribution in [3.05, 3.63) is 41.3 Å². The van der Waals surface area contributed by atoms with Gasteiger partial charge in [-0.1, -0.05) is 17.8 Å². The highest BCUT2D eigenvalue weighted by atomic mass is 32.2. The molecule has 30 heavy (non-hydrogen) atoms. The average molecular weight is 429 g/mol. The largest absolute Gasteiger partial charge is 0.394 e. The standard InChI is InChI=1S/C21H23N3O5S/c22-8-13-16(11-4-3-7-23-9-11)12-5-1-2-6-14(12)24-20(13)30-21-19(28)18(27)17(26)15(10-25)29-21/h3-4,7,9,15,17-19,21,25-28H,1-2,5-6,10H2/t15-,17-,18+,19-,21+/m1/s1. The summed E-state index contributed by atoms with van der Waals surface area (Å²) in [5.41, 5.74) is 2.94. The minimum Gasteiger partial charge on any atom is -0.394 e. The maximum absolute atomic E-state index is 10.4. The predicted octanol–water partition coefficient (Wildman–Crippen LogP) is 0.786. The van der Waals surface area contributed by atoms with Crippen molar-refractivity contribution in [1.82, 2.24) is 9.97 Å². The molecule has 2 aliphatic rings. The lowest BCUT2D eigenvalue weighted by Crippen LogP contribution is -2.57. The zero-order chi connectivity index (χ0) is 21.3. The fourth-order valence-electron chi connectivity index (χ4n) is 4.01. The molecule has 1 saturated heterocycles. The smallest absolute Gasteiger partial charge is 0.138 e. The van der Waals surface area contributed by atoms with Crippen molar-refractivity contribution in [2.45, 2.75) is 60.6 Å². The van der Waals surface area contributed by atoms with Crippen LogP contribution in [-0.4, -0.2) is 66.9 Å². The van der Waals surface area contributed by atoms with Crippen molar-refractivity contribution in [3.63, 3.8) is 0 Å². The lowest BCUT2D eigenvalue weighted by molar-refractivity contribution is -0.205. The summed E-state index contributed by atoms with van der Waals surface area (Å²) in [6, 6.07) is 5.97. The Morgan fingerprint density at radius 2 is 1.97 bits per heavy atom. The van der Waals surface area contributed by atoms with Gasteiger partial charge in [0.2, 0.25) is 0 Å². The Kier molecular flexibility index (Phi) is 6.34. The highest BCUT2D eigenvalue weighted by Crippen LogP contribution is 2.40. The number of hydrogen-bond acceptors (Lipinski definition) is 9. The number of thioether (sulfide) groups is 1. The molecule has 0 saturated carbocycles. The number of nitriles is 1. The molecule has 9 heteroatoms. The Morgan fingerprint density at radius 1 is 1.17 bits per heavy atom. The van der Waals surface area contributed by atoms with E-state index < -0.39 is 36.5 Å². The molecule has 0 unspecified atom stereocenters. The molecule has 4 rings (SSSR count). The number of hydrogen-bond donors (Lipinski definition) is 4. The van der Waals surface area contributed by atoms with Crippen LogP contribution in [0.5, 0.6) is 0 Å². The molecule has 158 valence electrons. The van der Waals surface area contributed by atoms with Crippen molar-refractivity contribution in [2.24, 2.45) is 0 Å². The monoisotopic (exact) mass is 429 g/mol. The third-order valence-electron chi connectivity index (χ3n) is 5.58. The molecule has 8 nitrogen and oxygen atoms in total. The average Bonchev–Trinajstić information content (AvgIpc) is 2.79. The predicted molar refractivity (Wildman–Crippen MR) is 108 cm³/mol. The quantitative estimate of drug-likeness (QED) is 0.555. The molecule has 5 atom stereocenters. The number of aryl methyl sites for hydroxylation is 1. The van der Waals surface area contributed by atoms with Gasteiger partial charge in [0.1, 0.15) is 40.9 Å². The molecule has 2 aromatic heterocycles. The maximum Gasteiger partial charge on any atom is 0.138 e. The minimum atomic E-state index is -1.48. The number of nitrogens with zero attached hydrogens (tertiary/aromatic N) is 3. The molecule has 0 spiro atoms. The number of rotatable bonds is 4. The molecule has 1 aliphatic heterocycles. The first-order chi connectivity index (χ1) is 14.5. The van der Waals surface area contributed by atoms with E-state index in [-0.39, 0.29) is 0 Å². The number of aromatic nitrogens is 2. The molecule has 1 aliphatic carbocycles. The molecule has 0 aromatic carbocycles. The van der Waals surface area contributed by atoms with E-state index >= 15 is 0 Å². The molecular formula is C21H23N3O5S. The summed E-state index contributed by atoms with van der Waals surface area (Å²) in [6.45, 7) is -0.508. The minimum absolute atomic E-state index is 0.366. The van der Waals surface area contributed by atoms with Gasteiger partial charge >= 0.3 is 0 Å². The van der Waals surface area contributed by atoms with Crippen LogP contribution in [0.1, 0.15) is 29.7 Å². The second-order valence-corrected chi connectivity index (χ2v) is 8.55. The van der Waals surface area contributed by atoms with Crippen LogP contribution in [0, 0.1) is 11.3 Å². The van der Waals surface area contributed by atoms with Gasteiger partial charge in [-0.2, -0.15) is 5.26 Å². The number of pyridine rings is 2. The van der Waals surface area contributed by atoms with Crippen molar-refractivity contribution >= 4 is 11.8 Å². The zero-order valence-electron chi connectivity index (χ0n) is 16.2. The molecule has 4 N–H and O–H groups in total. The SMILES string of the molecule is N#Cc1c(S[C@@H]2O[C@H](CO)[C@@H](O)[C@H](O)[C@H]2O)nc2c(c1-c1cccnc1)CCCC2. The Hall–Kier alpha value is -2.06. The topological polar surface area (TPSA) is 140 Å². The van der Waals surface area contributed by atoms with E-state index in [1.165, 1.54) is 0 Å². The van der Waals surface area contributed by atoms with E-state index in [1.54, 1.807) is 12.4 Å². The first-order valence-corrected chi connectivity index (χ1v) is 10.8. The van der Waals surface area contributed by atoms with Gasteiger partial charge < -0.3 is 25.2 Å². The van der Waals surface area contributed by atoms with Crippen LogP contribution in [0.25, 0.3) is 11.1 Å². The molecule has 0 bridgehead atoms. The van der Waals surface area contributed by atoms with Crippen LogP contribution in [0.15, 0.2) is 29.6 Å². The van der Waals surface area contributed by atoms with Crippen LogP contribution in [0.3, 0.4) is 0 Å². The first kappa shape index (κ1) is 21.2. The Morgan fingerprint density at radius 3 is 2.67 bits per heavy atom. The lowest BCUT2D eigenvalue weighted by atomic mass is 9.87. The molecular weight excluding hydrogens is 406 g/mol. The van der Waals surface area contributed by atoms with Crippen LogP contribution in [-0.2, 0) is 17.6 Å². The van der Waals surface area contributed by atoms with Crippen LogP contribution < -0.4 is 0 Å². The number of aliphatic hydroxyl groups excluding tert-OH is 4. The van der Waals surface area contributed by atoms with E-state index in [1.807, 2.05) is 12.1 Å². The summed E-state index contributed by atoms with van der Waals surface area (Å²) in [5, 5.41) is 50.3. The van der Waals surface area contributed by atoms with Crippen LogP contribution in [0.2, 0.25) is 0 Å². The fraction of sp³-hybridized carbons (Fsp3) is 0.476. The van der Waals surface area contributed by atoms with E-state index in [4.69, 9.17) is 9.72 Å². The molecule has 2 aromatic rings. The van der Waals surface area contributed by atoms with E-state index in [0.29, 0.717) is 10.6 Å². The zero-order valence-corrected chi connectivity index (χ0v) is 17.0. The van der Waals surface area contributed by atoms with E-state index in [0.717, 1.165) is 59.8 Å². The summed E-state index contributed by atoms with van der Waals surface area (Å²) in [4.78, 5) is 8.91.